The highest BCUT2D eigenvalue weighted by atomic mass is 16.6. The third kappa shape index (κ3) is 6.08. The zero-order valence-corrected chi connectivity index (χ0v) is 17.5. The Kier molecular flexibility index (Phi) is 6.57. The number of nitrogens with zero attached hydrogens (tertiary/aromatic N) is 1. The molecule has 1 atom stereocenters. The fraction of sp³-hybridized carbons (Fsp3) is 0.417. The minimum atomic E-state index is -0.530. The van der Waals surface area contributed by atoms with Crippen LogP contribution in [-0.4, -0.2) is 35.6 Å². The lowest BCUT2D eigenvalue weighted by molar-refractivity contribution is -0.126. The van der Waals surface area contributed by atoms with Gasteiger partial charge in [-0.2, -0.15) is 0 Å². The molecule has 1 aliphatic rings. The summed E-state index contributed by atoms with van der Waals surface area (Å²) in [6.45, 7) is 7.08. The lowest BCUT2D eigenvalue weighted by atomic mass is 9.97. The number of amides is 2. The Bertz CT molecular complexity index is 825. The molecule has 5 nitrogen and oxygen atoms in total. The molecule has 1 N–H and O–H groups in total. The van der Waals surface area contributed by atoms with E-state index in [4.69, 9.17) is 4.74 Å². The van der Waals surface area contributed by atoms with E-state index in [1.807, 2.05) is 51.1 Å². The normalized spacial score (nSPS) is 16.9. The summed E-state index contributed by atoms with van der Waals surface area (Å²) in [4.78, 5) is 26.6. The number of carbonyl (C=O) groups is 2. The molecule has 1 heterocycles. The van der Waals surface area contributed by atoms with Crippen molar-refractivity contribution in [2.75, 3.05) is 13.1 Å². The molecule has 1 saturated heterocycles. The average molecular weight is 395 g/mol. The summed E-state index contributed by atoms with van der Waals surface area (Å²) in [5, 5.41) is 3.02. The van der Waals surface area contributed by atoms with Crippen LogP contribution in [0.4, 0.5) is 4.79 Å². The molecule has 0 unspecified atom stereocenters. The quantitative estimate of drug-likeness (QED) is 0.823. The van der Waals surface area contributed by atoms with Crippen molar-refractivity contribution in [3.63, 3.8) is 0 Å². The fourth-order valence-electron chi connectivity index (χ4n) is 3.46. The van der Waals surface area contributed by atoms with Crippen molar-refractivity contribution in [1.29, 1.82) is 0 Å². The number of ether oxygens (including phenoxy) is 1. The number of benzene rings is 2. The van der Waals surface area contributed by atoms with Gasteiger partial charge in [-0.3, -0.25) is 4.79 Å². The lowest BCUT2D eigenvalue weighted by Gasteiger charge is -2.33. The molecule has 154 valence electrons. The molecule has 2 amide bonds. The van der Waals surface area contributed by atoms with Gasteiger partial charge in [-0.15, -0.1) is 0 Å². The zero-order chi connectivity index (χ0) is 20.9. The topological polar surface area (TPSA) is 58.6 Å². The molecule has 2 aromatic carbocycles. The van der Waals surface area contributed by atoms with Crippen LogP contribution in [0.1, 0.15) is 39.2 Å². The first-order valence-electron chi connectivity index (χ1n) is 10.2. The van der Waals surface area contributed by atoms with Gasteiger partial charge in [-0.25, -0.2) is 4.79 Å². The summed E-state index contributed by atoms with van der Waals surface area (Å²) >= 11 is 0. The van der Waals surface area contributed by atoms with Crippen molar-refractivity contribution < 1.29 is 14.3 Å². The van der Waals surface area contributed by atoms with Gasteiger partial charge in [0.25, 0.3) is 0 Å². The van der Waals surface area contributed by atoms with Crippen LogP contribution in [0.3, 0.4) is 0 Å². The van der Waals surface area contributed by atoms with Crippen LogP contribution >= 0.6 is 0 Å². The highest BCUT2D eigenvalue weighted by molar-refractivity contribution is 5.80. The molecule has 3 rings (SSSR count). The predicted molar refractivity (Wildman–Crippen MR) is 114 cm³/mol. The lowest BCUT2D eigenvalue weighted by Crippen LogP contribution is -2.46. The Balaban J connectivity index is 1.52. The monoisotopic (exact) mass is 394 g/mol. The number of piperidine rings is 1. The standard InChI is InChI=1S/C24H30N2O3/c1-24(2,3)29-23(28)26-15-7-10-21(17-26)22(27)25-16-18-11-13-20(14-12-18)19-8-5-4-6-9-19/h4-6,8-9,11-14,21H,7,10,15-17H2,1-3H3,(H,25,27)/t21-/m0/s1. The number of likely N-dealkylation sites (tertiary alicyclic amines) is 1. The van der Waals surface area contributed by atoms with Crippen LogP contribution in [0.15, 0.2) is 54.6 Å². The molecular weight excluding hydrogens is 364 g/mol. The van der Waals surface area contributed by atoms with Crippen LogP contribution in [-0.2, 0) is 16.1 Å². The largest absolute Gasteiger partial charge is 0.444 e. The van der Waals surface area contributed by atoms with E-state index in [2.05, 4.69) is 29.6 Å². The molecule has 0 spiro atoms. The van der Waals surface area contributed by atoms with E-state index in [0.717, 1.165) is 24.0 Å². The Labute approximate surface area is 173 Å². The Hall–Kier alpha value is -2.82. The van der Waals surface area contributed by atoms with Crippen molar-refractivity contribution in [2.45, 2.75) is 45.8 Å². The van der Waals surface area contributed by atoms with Crippen molar-refractivity contribution in [1.82, 2.24) is 10.2 Å². The molecule has 0 aromatic heterocycles. The molecule has 2 aromatic rings. The average Bonchev–Trinajstić information content (AvgIpc) is 2.72. The van der Waals surface area contributed by atoms with Crippen LogP contribution in [0.5, 0.6) is 0 Å². The van der Waals surface area contributed by atoms with Gasteiger partial charge in [-0.05, 0) is 50.3 Å². The van der Waals surface area contributed by atoms with Crippen molar-refractivity contribution in [3.05, 3.63) is 60.2 Å². The maximum Gasteiger partial charge on any atom is 0.410 e. The summed E-state index contributed by atoms with van der Waals surface area (Å²) in [6, 6.07) is 18.4. The van der Waals surface area contributed by atoms with E-state index >= 15 is 0 Å². The molecule has 29 heavy (non-hydrogen) atoms. The summed E-state index contributed by atoms with van der Waals surface area (Å²) < 4.78 is 5.44. The van der Waals surface area contributed by atoms with E-state index in [1.54, 1.807) is 4.90 Å². The number of hydrogen-bond donors (Lipinski definition) is 1. The Morgan fingerprint density at radius 1 is 1.03 bits per heavy atom. The minimum Gasteiger partial charge on any atom is -0.444 e. The Morgan fingerprint density at radius 2 is 1.69 bits per heavy atom. The van der Waals surface area contributed by atoms with Gasteiger partial charge in [0.15, 0.2) is 0 Å². The smallest absolute Gasteiger partial charge is 0.410 e. The molecule has 5 heteroatoms. The molecule has 0 saturated carbocycles. The predicted octanol–water partition coefficient (Wildman–Crippen LogP) is 4.62. The first-order valence-corrected chi connectivity index (χ1v) is 10.2. The number of rotatable bonds is 4. The van der Waals surface area contributed by atoms with E-state index in [9.17, 15) is 9.59 Å². The Morgan fingerprint density at radius 3 is 2.34 bits per heavy atom. The summed E-state index contributed by atoms with van der Waals surface area (Å²) in [5.74, 6) is -0.203. The summed E-state index contributed by atoms with van der Waals surface area (Å²) in [5.41, 5.74) is 2.85. The van der Waals surface area contributed by atoms with Crippen LogP contribution in [0, 0.1) is 5.92 Å². The maximum atomic E-state index is 12.6. The second-order valence-corrected chi connectivity index (χ2v) is 8.55. The molecular formula is C24H30N2O3. The van der Waals surface area contributed by atoms with Crippen LogP contribution < -0.4 is 5.32 Å². The highest BCUT2D eigenvalue weighted by Crippen LogP contribution is 2.21. The third-order valence-electron chi connectivity index (χ3n) is 4.97. The van der Waals surface area contributed by atoms with Gasteiger partial charge >= 0.3 is 6.09 Å². The van der Waals surface area contributed by atoms with Crippen molar-refractivity contribution in [2.24, 2.45) is 5.92 Å². The molecule has 0 aliphatic carbocycles. The van der Waals surface area contributed by atoms with Gasteiger partial charge in [0, 0.05) is 19.6 Å². The molecule has 0 radical (unpaired) electrons. The minimum absolute atomic E-state index is 0.00889. The second-order valence-electron chi connectivity index (χ2n) is 8.55. The highest BCUT2D eigenvalue weighted by Gasteiger charge is 2.30. The van der Waals surface area contributed by atoms with E-state index in [0.29, 0.717) is 19.6 Å². The first kappa shape index (κ1) is 20.9. The van der Waals surface area contributed by atoms with Crippen LogP contribution in [0.25, 0.3) is 11.1 Å². The van der Waals surface area contributed by atoms with Gasteiger partial charge in [0.1, 0.15) is 5.60 Å². The van der Waals surface area contributed by atoms with Gasteiger partial charge in [-0.1, -0.05) is 54.6 Å². The zero-order valence-electron chi connectivity index (χ0n) is 17.5. The molecule has 1 aliphatic heterocycles. The molecule has 0 bridgehead atoms. The summed E-state index contributed by atoms with van der Waals surface area (Å²) in [7, 11) is 0. The SMILES string of the molecule is CC(C)(C)OC(=O)N1CCC[C@H](C(=O)NCc2ccc(-c3ccccc3)cc2)C1. The van der Waals surface area contributed by atoms with E-state index in [1.165, 1.54) is 5.56 Å². The summed E-state index contributed by atoms with van der Waals surface area (Å²) in [6.07, 6.45) is 1.26. The van der Waals surface area contributed by atoms with Gasteiger partial charge < -0.3 is 15.0 Å². The van der Waals surface area contributed by atoms with E-state index in [-0.39, 0.29) is 17.9 Å². The first-order chi connectivity index (χ1) is 13.8. The van der Waals surface area contributed by atoms with Gasteiger partial charge in [0.2, 0.25) is 5.91 Å². The maximum absolute atomic E-state index is 12.6. The number of hydrogen-bond acceptors (Lipinski definition) is 3. The fourth-order valence-corrected chi connectivity index (χ4v) is 3.46. The van der Waals surface area contributed by atoms with Crippen molar-refractivity contribution in [3.8, 4) is 11.1 Å². The number of nitrogens with one attached hydrogen (secondary N) is 1. The van der Waals surface area contributed by atoms with E-state index < -0.39 is 5.60 Å². The third-order valence-corrected chi connectivity index (χ3v) is 4.97. The van der Waals surface area contributed by atoms with Crippen LogP contribution in [0.2, 0.25) is 0 Å². The second kappa shape index (κ2) is 9.12. The van der Waals surface area contributed by atoms with Gasteiger partial charge in [0.05, 0.1) is 5.92 Å². The van der Waals surface area contributed by atoms with Crippen molar-refractivity contribution >= 4 is 12.0 Å². The molecule has 1 fully saturated rings. The number of carbonyl (C=O) groups excluding carboxylic acids is 2.